The highest BCUT2D eigenvalue weighted by Gasteiger charge is 2.37. The molecule has 0 fully saturated rings. The molecule has 0 aliphatic rings. The largest absolute Gasteiger partial charge is 0.324 e. The highest BCUT2D eigenvalue weighted by molar-refractivity contribution is 8.00. The van der Waals surface area contributed by atoms with Crippen LogP contribution < -0.4 is 11.1 Å². The summed E-state index contributed by atoms with van der Waals surface area (Å²) in [6.45, 7) is 0. The van der Waals surface area contributed by atoms with E-state index in [1.807, 2.05) is 24.3 Å². The van der Waals surface area contributed by atoms with Gasteiger partial charge < -0.3 is 11.1 Å². The minimum Gasteiger partial charge on any atom is -0.324 e. The summed E-state index contributed by atoms with van der Waals surface area (Å²) in [5.74, 6) is 0.233. The molecule has 204 valence electrons. The first-order chi connectivity index (χ1) is 20.6. The van der Waals surface area contributed by atoms with Crippen LogP contribution in [0.15, 0.2) is 146 Å². The van der Waals surface area contributed by atoms with E-state index in [1.54, 1.807) is 11.8 Å². The van der Waals surface area contributed by atoms with E-state index >= 15 is 0 Å². The average Bonchev–Trinajstić information content (AvgIpc) is 3.06. The summed E-state index contributed by atoms with van der Waals surface area (Å²) in [7, 11) is 0. The Morgan fingerprint density at radius 2 is 1.07 bits per heavy atom. The van der Waals surface area contributed by atoms with Crippen molar-refractivity contribution in [2.45, 2.75) is 10.8 Å². The van der Waals surface area contributed by atoms with E-state index in [1.165, 1.54) is 21.5 Å². The SMILES string of the molecule is N[C@@H](CSC(c1ccccc1)(c1ccccc1)c1ccccc1)C(=O)Nc1ccc2ccc3cccc4ccc1c2c34. The van der Waals surface area contributed by atoms with Gasteiger partial charge in [0.2, 0.25) is 5.91 Å². The number of rotatable bonds is 8. The van der Waals surface area contributed by atoms with Gasteiger partial charge >= 0.3 is 0 Å². The number of carbonyl (C=O) groups excluding carboxylic acids is 1. The first-order valence-electron chi connectivity index (χ1n) is 14.2. The fourth-order valence-electron chi connectivity index (χ4n) is 6.13. The molecule has 7 aromatic rings. The van der Waals surface area contributed by atoms with Crippen molar-refractivity contribution in [3.8, 4) is 0 Å². The molecule has 1 amide bonds. The van der Waals surface area contributed by atoms with Gasteiger partial charge in [-0.05, 0) is 49.7 Å². The quantitative estimate of drug-likeness (QED) is 0.144. The van der Waals surface area contributed by atoms with Crippen LogP contribution in [0.25, 0.3) is 32.3 Å². The van der Waals surface area contributed by atoms with E-state index in [0.29, 0.717) is 5.75 Å². The number of thioether (sulfide) groups is 1. The van der Waals surface area contributed by atoms with Crippen molar-refractivity contribution < 1.29 is 4.79 Å². The summed E-state index contributed by atoms with van der Waals surface area (Å²) in [5, 5.41) is 10.1. The number of hydrogen-bond donors (Lipinski definition) is 2. The highest BCUT2D eigenvalue weighted by Crippen LogP contribution is 2.48. The zero-order valence-corrected chi connectivity index (χ0v) is 23.9. The molecule has 0 aliphatic carbocycles. The topological polar surface area (TPSA) is 55.1 Å². The van der Waals surface area contributed by atoms with Crippen molar-refractivity contribution in [3.05, 3.63) is 162 Å². The van der Waals surface area contributed by atoms with Gasteiger partial charge in [0.25, 0.3) is 0 Å². The smallest absolute Gasteiger partial charge is 0.242 e. The van der Waals surface area contributed by atoms with Crippen LogP contribution in [0.3, 0.4) is 0 Å². The number of benzene rings is 7. The Kier molecular flexibility index (Phi) is 6.87. The Balaban J connectivity index is 1.22. The maximum atomic E-state index is 13.6. The van der Waals surface area contributed by atoms with Gasteiger partial charge in [0.15, 0.2) is 0 Å². The molecule has 7 aromatic carbocycles. The van der Waals surface area contributed by atoms with Crippen LogP contribution in [0.2, 0.25) is 0 Å². The normalized spacial score (nSPS) is 12.6. The third-order valence-corrected chi connectivity index (χ3v) is 9.81. The zero-order valence-electron chi connectivity index (χ0n) is 23.0. The first kappa shape index (κ1) is 26.3. The maximum absolute atomic E-state index is 13.6. The molecule has 3 N–H and O–H groups in total. The Morgan fingerprint density at radius 1 is 0.595 bits per heavy atom. The monoisotopic (exact) mass is 562 g/mol. The van der Waals surface area contributed by atoms with Gasteiger partial charge in [0, 0.05) is 16.8 Å². The molecule has 0 unspecified atom stereocenters. The van der Waals surface area contributed by atoms with Crippen LogP contribution in [-0.4, -0.2) is 17.7 Å². The fourth-order valence-corrected chi connectivity index (χ4v) is 7.62. The Bertz CT molecular complexity index is 1880. The number of amides is 1. The summed E-state index contributed by atoms with van der Waals surface area (Å²) in [6, 6.07) is 49.7. The summed E-state index contributed by atoms with van der Waals surface area (Å²) in [4.78, 5) is 13.6. The highest BCUT2D eigenvalue weighted by atomic mass is 32.2. The fraction of sp³-hybridized carbons (Fsp3) is 0.0789. The maximum Gasteiger partial charge on any atom is 0.242 e. The molecule has 42 heavy (non-hydrogen) atoms. The lowest BCUT2D eigenvalue weighted by Crippen LogP contribution is -2.39. The van der Waals surface area contributed by atoms with Crippen molar-refractivity contribution in [1.82, 2.24) is 0 Å². The molecule has 0 heterocycles. The second-order valence-electron chi connectivity index (χ2n) is 10.7. The van der Waals surface area contributed by atoms with Crippen LogP contribution in [0.5, 0.6) is 0 Å². The van der Waals surface area contributed by atoms with Crippen molar-refractivity contribution in [1.29, 1.82) is 0 Å². The summed E-state index contributed by atoms with van der Waals surface area (Å²) in [5.41, 5.74) is 10.9. The predicted molar refractivity (Wildman–Crippen MR) is 178 cm³/mol. The van der Waals surface area contributed by atoms with Gasteiger partial charge in [-0.1, -0.05) is 140 Å². The van der Waals surface area contributed by atoms with Crippen molar-refractivity contribution in [2.24, 2.45) is 5.73 Å². The van der Waals surface area contributed by atoms with Gasteiger partial charge in [0.1, 0.15) is 0 Å². The molecular formula is C38H30N2OS. The van der Waals surface area contributed by atoms with E-state index in [9.17, 15) is 4.79 Å². The lowest BCUT2D eigenvalue weighted by Gasteiger charge is -2.36. The molecule has 3 nitrogen and oxygen atoms in total. The molecule has 0 radical (unpaired) electrons. The molecule has 4 heteroatoms. The zero-order chi connectivity index (χ0) is 28.5. The van der Waals surface area contributed by atoms with Gasteiger partial charge in [-0.2, -0.15) is 0 Å². The first-order valence-corrected chi connectivity index (χ1v) is 15.2. The van der Waals surface area contributed by atoms with Crippen LogP contribution in [-0.2, 0) is 9.54 Å². The minimum absolute atomic E-state index is 0.194. The molecule has 7 rings (SSSR count). The minimum atomic E-state index is -0.718. The van der Waals surface area contributed by atoms with Crippen LogP contribution in [0.1, 0.15) is 16.7 Å². The van der Waals surface area contributed by atoms with Crippen molar-refractivity contribution in [3.63, 3.8) is 0 Å². The van der Waals surface area contributed by atoms with E-state index in [-0.39, 0.29) is 5.91 Å². The molecule has 0 saturated carbocycles. The molecule has 1 atom stereocenters. The van der Waals surface area contributed by atoms with Crippen LogP contribution in [0.4, 0.5) is 5.69 Å². The molecule has 0 spiro atoms. The second kappa shape index (κ2) is 11.0. The lowest BCUT2D eigenvalue weighted by molar-refractivity contribution is -0.116. The number of nitrogens with one attached hydrogen (secondary N) is 1. The molecule has 0 bridgehead atoms. The standard InChI is InChI=1S/C38H30N2OS/c39-33(37(41)40-34-24-22-28-20-19-26-11-10-12-27-21-23-32(34)36(28)35(26)27)25-42-38(29-13-4-1-5-14-29,30-15-6-2-7-16-30)31-17-8-3-9-18-31/h1-24,33H,25,39H2,(H,40,41)/t33-/m0/s1. The Morgan fingerprint density at radius 3 is 1.62 bits per heavy atom. The van der Waals surface area contributed by atoms with Gasteiger partial charge in [-0.15, -0.1) is 11.8 Å². The third-order valence-electron chi connectivity index (χ3n) is 8.14. The number of nitrogens with two attached hydrogens (primary N) is 1. The second-order valence-corrected chi connectivity index (χ2v) is 11.9. The van der Waals surface area contributed by atoms with E-state index in [2.05, 4.69) is 127 Å². The van der Waals surface area contributed by atoms with Crippen LogP contribution in [0, 0.1) is 0 Å². The average molecular weight is 563 g/mol. The number of carbonyl (C=O) groups is 1. The summed E-state index contributed by atoms with van der Waals surface area (Å²) >= 11 is 1.70. The van der Waals surface area contributed by atoms with E-state index < -0.39 is 10.8 Å². The van der Waals surface area contributed by atoms with Gasteiger partial charge in [0.05, 0.1) is 10.8 Å². The predicted octanol–water partition coefficient (Wildman–Crippen LogP) is 8.58. The molecule has 0 aromatic heterocycles. The summed E-state index contributed by atoms with van der Waals surface area (Å²) in [6.07, 6.45) is 0. The van der Waals surface area contributed by atoms with Gasteiger partial charge in [-0.3, -0.25) is 4.79 Å². The Hall–Kier alpha value is -4.64. The van der Waals surface area contributed by atoms with Gasteiger partial charge in [-0.25, -0.2) is 0 Å². The third kappa shape index (κ3) is 4.50. The Labute approximate surface area is 249 Å². The van der Waals surface area contributed by atoms with E-state index in [0.717, 1.165) is 33.2 Å². The molecule has 0 saturated heterocycles. The van der Waals surface area contributed by atoms with Crippen molar-refractivity contribution >= 4 is 55.7 Å². The molecular weight excluding hydrogens is 532 g/mol. The van der Waals surface area contributed by atoms with Crippen molar-refractivity contribution in [2.75, 3.05) is 11.1 Å². The van der Waals surface area contributed by atoms with Crippen LogP contribution >= 0.6 is 11.8 Å². The number of hydrogen-bond acceptors (Lipinski definition) is 3. The number of anilines is 1. The lowest BCUT2D eigenvalue weighted by atomic mass is 9.84. The van der Waals surface area contributed by atoms with E-state index in [4.69, 9.17) is 5.73 Å². The molecule has 0 aliphatic heterocycles. The summed E-state index contributed by atoms with van der Waals surface area (Å²) < 4.78 is -0.533.